The van der Waals surface area contributed by atoms with Crippen LogP contribution in [0.5, 0.6) is 0 Å². The number of amides is 8. The Kier molecular flexibility index (Phi) is 16.9. The first-order valence-electron chi connectivity index (χ1n) is 26.9. The number of carbonyl (C=O) groups excluding carboxylic acids is 8. The molecule has 19 nitrogen and oxygen atoms in total. The summed E-state index contributed by atoms with van der Waals surface area (Å²) >= 11 is 0. The van der Waals surface area contributed by atoms with Crippen molar-refractivity contribution in [3.05, 3.63) is 70.8 Å². The van der Waals surface area contributed by atoms with Crippen LogP contribution < -0.4 is 47.9 Å². The summed E-state index contributed by atoms with van der Waals surface area (Å²) in [6.45, 7) is 11.8. The average Bonchev–Trinajstić information content (AvgIpc) is 4.08. The Hall–Kier alpha value is -6.80. The lowest BCUT2D eigenvalue weighted by molar-refractivity contribution is -0.145. The Labute approximate surface area is 446 Å². The fraction of sp³-hybridized carbons (Fsp3) is 0.579. The molecule has 6 aliphatic rings. The highest BCUT2D eigenvalue weighted by molar-refractivity contribution is 5.96. The first-order chi connectivity index (χ1) is 36.3. The van der Waals surface area contributed by atoms with Crippen molar-refractivity contribution in [3.63, 3.8) is 0 Å². The van der Waals surface area contributed by atoms with Crippen LogP contribution in [0.25, 0.3) is 0 Å². The van der Waals surface area contributed by atoms with E-state index in [0.717, 1.165) is 28.7 Å². The zero-order chi connectivity index (χ0) is 54.6. The first-order valence-corrected chi connectivity index (χ1v) is 26.9. The molecule has 76 heavy (non-hydrogen) atoms. The SMILES string of the molecule is CN[C@@H](C)C(=O)N[C@H]1CCC[C@H]2CC(C)(C)[C@@H](C(=O)N[C@H]3c4ccccc4C[C@H]3C(=O)NCC#CC#CCNC(=O)[C@@H]3Cc4ccccc4[C@@H]3NC(=O)[C@H]3N4C(=O)[C@@H](NC(=O)[C@H](C)NC)CCN[C@H]4CC3(C)C)N2C1=O. The molecule has 0 radical (unpaired) electrons. The molecule has 0 bridgehead atoms. The van der Waals surface area contributed by atoms with Gasteiger partial charge in [0.2, 0.25) is 47.3 Å². The summed E-state index contributed by atoms with van der Waals surface area (Å²) in [4.78, 5) is 114. The van der Waals surface area contributed by atoms with E-state index in [4.69, 9.17) is 0 Å². The lowest BCUT2D eigenvalue weighted by Crippen LogP contribution is -2.59. The molecule has 4 saturated heterocycles. The van der Waals surface area contributed by atoms with Gasteiger partial charge < -0.3 is 52.3 Å². The predicted octanol–water partition coefficient (Wildman–Crippen LogP) is 0.597. The van der Waals surface area contributed by atoms with E-state index in [1.54, 1.807) is 37.7 Å². The average molecular weight is 1040 g/mol. The third kappa shape index (κ3) is 11.5. The Morgan fingerprint density at radius 3 is 1.59 bits per heavy atom. The highest BCUT2D eigenvalue weighted by Crippen LogP contribution is 2.46. The van der Waals surface area contributed by atoms with Crippen LogP contribution in [0.1, 0.15) is 114 Å². The third-order valence-corrected chi connectivity index (χ3v) is 16.7. The Bertz CT molecular complexity index is 2560. The fourth-order valence-electron chi connectivity index (χ4n) is 12.5. The minimum absolute atomic E-state index is 0.0174. The summed E-state index contributed by atoms with van der Waals surface area (Å²) in [6, 6.07) is 9.47. The number of rotatable bonds is 14. The second-order valence-corrected chi connectivity index (χ2v) is 22.7. The van der Waals surface area contributed by atoms with Crippen LogP contribution in [-0.4, -0.2) is 139 Å². The molecule has 9 N–H and O–H groups in total. The molecule has 4 aliphatic heterocycles. The van der Waals surface area contributed by atoms with Gasteiger partial charge in [-0.2, -0.15) is 0 Å². The number of hydrogen-bond acceptors (Lipinski definition) is 11. The summed E-state index contributed by atoms with van der Waals surface area (Å²) in [5.41, 5.74) is 2.31. The van der Waals surface area contributed by atoms with Crippen LogP contribution in [-0.2, 0) is 51.2 Å². The molecule has 406 valence electrons. The van der Waals surface area contributed by atoms with Gasteiger partial charge in [-0.25, -0.2) is 0 Å². The normalized spacial score (nSPS) is 28.4. The summed E-state index contributed by atoms with van der Waals surface area (Å²) < 4.78 is 0. The highest BCUT2D eigenvalue weighted by Gasteiger charge is 2.57. The molecular formula is C57H75N11O8. The minimum Gasteiger partial charge on any atom is -0.347 e. The van der Waals surface area contributed by atoms with Crippen molar-refractivity contribution in [2.45, 2.75) is 153 Å². The molecule has 2 aromatic carbocycles. The number of nitrogens with one attached hydrogen (secondary N) is 9. The van der Waals surface area contributed by atoms with Crippen LogP contribution in [0.3, 0.4) is 0 Å². The predicted molar refractivity (Wildman–Crippen MR) is 284 cm³/mol. The van der Waals surface area contributed by atoms with Gasteiger partial charge in [-0.05, 0) is 131 Å². The molecule has 8 rings (SSSR count). The van der Waals surface area contributed by atoms with Crippen molar-refractivity contribution in [2.75, 3.05) is 33.7 Å². The number of fused-ring (bicyclic) bond motifs is 4. The van der Waals surface area contributed by atoms with Gasteiger partial charge in [-0.1, -0.05) is 88.1 Å². The number of carbonyl (C=O) groups is 8. The zero-order valence-electron chi connectivity index (χ0n) is 45.0. The molecule has 0 spiro atoms. The number of nitrogens with zero attached hydrogens (tertiary/aromatic N) is 2. The van der Waals surface area contributed by atoms with Crippen LogP contribution >= 0.6 is 0 Å². The maximum absolute atomic E-state index is 14.6. The second kappa shape index (κ2) is 23.2. The molecular weight excluding hydrogens is 967 g/mol. The van der Waals surface area contributed by atoms with Crippen LogP contribution in [0.15, 0.2) is 48.5 Å². The Balaban J connectivity index is 0.872. The number of hydrogen-bond donors (Lipinski definition) is 9. The molecule has 8 amide bonds. The highest BCUT2D eigenvalue weighted by atomic mass is 16.2. The van der Waals surface area contributed by atoms with E-state index in [0.29, 0.717) is 51.5 Å². The summed E-state index contributed by atoms with van der Waals surface area (Å²) in [5.74, 6) is 7.40. The monoisotopic (exact) mass is 1040 g/mol. The smallest absolute Gasteiger partial charge is 0.247 e. The van der Waals surface area contributed by atoms with Crippen molar-refractivity contribution >= 4 is 47.3 Å². The van der Waals surface area contributed by atoms with E-state index < -0.39 is 77.2 Å². The van der Waals surface area contributed by atoms with Gasteiger partial charge >= 0.3 is 0 Å². The summed E-state index contributed by atoms with van der Waals surface area (Å²) in [6.07, 6.45) is 3.81. The molecule has 0 unspecified atom stereocenters. The molecule has 4 fully saturated rings. The first kappa shape index (κ1) is 55.4. The third-order valence-electron chi connectivity index (χ3n) is 16.7. The molecule has 2 aromatic rings. The van der Waals surface area contributed by atoms with E-state index in [2.05, 4.69) is 71.5 Å². The lowest BCUT2D eigenvalue weighted by Gasteiger charge is -2.35. The van der Waals surface area contributed by atoms with Gasteiger partial charge in [0.1, 0.15) is 24.2 Å². The van der Waals surface area contributed by atoms with Gasteiger partial charge in [0.05, 0.1) is 55.3 Å². The largest absolute Gasteiger partial charge is 0.347 e. The van der Waals surface area contributed by atoms with Gasteiger partial charge in [-0.3, -0.25) is 43.7 Å². The Morgan fingerprint density at radius 2 is 1.08 bits per heavy atom. The lowest BCUT2D eigenvalue weighted by atomic mass is 9.82. The van der Waals surface area contributed by atoms with Gasteiger partial charge in [0, 0.05) is 6.04 Å². The van der Waals surface area contributed by atoms with Crippen LogP contribution in [0, 0.1) is 46.3 Å². The molecule has 19 heteroatoms. The fourth-order valence-corrected chi connectivity index (χ4v) is 12.5. The molecule has 2 aliphatic carbocycles. The van der Waals surface area contributed by atoms with Crippen LogP contribution in [0.2, 0.25) is 0 Å². The van der Waals surface area contributed by atoms with E-state index >= 15 is 0 Å². The molecule has 0 aromatic heterocycles. The van der Waals surface area contributed by atoms with Crippen molar-refractivity contribution in [1.29, 1.82) is 0 Å². The maximum atomic E-state index is 14.6. The number of benzene rings is 2. The van der Waals surface area contributed by atoms with Gasteiger partial charge in [-0.15, -0.1) is 0 Å². The van der Waals surface area contributed by atoms with Crippen molar-refractivity contribution in [1.82, 2.24) is 57.7 Å². The molecule has 12 atom stereocenters. The van der Waals surface area contributed by atoms with E-state index in [1.807, 2.05) is 76.2 Å². The maximum Gasteiger partial charge on any atom is 0.247 e. The molecule has 4 heterocycles. The summed E-state index contributed by atoms with van der Waals surface area (Å²) in [7, 11) is 3.35. The van der Waals surface area contributed by atoms with E-state index in [-0.39, 0.29) is 66.4 Å². The minimum atomic E-state index is -0.876. The topological polar surface area (TPSA) is 251 Å². The zero-order valence-corrected chi connectivity index (χ0v) is 45.0. The number of likely N-dealkylation sites (N-methyl/N-ethyl adjacent to an activating group) is 2. The summed E-state index contributed by atoms with van der Waals surface area (Å²) in [5, 5.41) is 27.2. The van der Waals surface area contributed by atoms with Gasteiger partial charge in [0.15, 0.2) is 0 Å². The van der Waals surface area contributed by atoms with E-state index in [1.165, 1.54) is 0 Å². The standard InChI is InChI=1S/C57H75N11O8/c1-32(58-7)48(69)63-41-23-17-20-36-30-56(3,4)46(67(36)54(41)75)52(73)65-44-37-21-13-11-18-34(37)28-39(44)50(71)61-25-15-9-10-16-26-62-51(72)40-29-35-19-12-14-22-38(35)45(40)66-53(74)47-57(5,6)31-43-60-27-24-42(55(76)68(43)47)64-49(70)33(2)59-8/h11-14,18-19,21-22,32-33,36,39-47,58-60H,17,20,23-31H2,1-8H3,(H,61,71)(H,62,72)(H,63,69)(H,64,70)(H,65,73)(H,66,74)/t32-,33-,36-,39+,40+,41-,42-,43+,44-,45-,46+,47+/m0/s1. The van der Waals surface area contributed by atoms with Crippen LogP contribution in [0.4, 0.5) is 0 Å². The van der Waals surface area contributed by atoms with Gasteiger partial charge in [0.25, 0.3) is 0 Å². The second-order valence-electron chi connectivity index (χ2n) is 22.7. The van der Waals surface area contributed by atoms with E-state index in [9.17, 15) is 38.4 Å². The molecule has 0 saturated carbocycles. The quantitative estimate of drug-likeness (QED) is 0.119. The Morgan fingerprint density at radius 1 is 0.618 bits per heavy atom. The van der Waals surface area contributed by atoms with Crippen molar-refractivity contribution in [2.24, 2.45) is 22.7 Å². The van der Waals surface area contributed by atoms with Crippen molar-refractivity contribution < 1.29 is 38.4 Å². The van der Waals surface area contributed by atoms with Crippen molar-refractivity contribution in [3.8, 4) is 23.7 Å².